The molecule has 0 aromatic heterocycles. The molecule has 0 aliphatic rings. The summed E-state index contributed by atoms with van der Waals surface area (Å²) in [7, 11) is 2.85. The van der Waals surface area contributed by atoms with Gasteiger partial charge in [-0.1, -0.05) is 6.07 Å². The van der Waals surface area contributed by atoms with Crippen LogP contribution in [-0.2, 0) is 9.63 Å². The van der Waals surface area contributed by atoms with Crippen molar-refractivity contribution in [3.8, 4) is 0 Å². The molecule has 1 N–H and O–H groups in total. The first-order valence-electron chi connectivity index (χ1n) is 5.54. The molecule has 1 aromatic rings. The number of nitrogens with zero attached hydrogens (tertiary/aromatic N) is 1. The molecule has 0 heterocycles. The van der Waals surface area contributed by atoms with Crippen molar-refractivity contribution in [2.45, 2.75) is 13.0 Å². The van der Waals surface area contributed by atoms with Gasteiger partial charge < -0.3 is 5.32 Å². The third-order valence-corrected chi connectivity index (χ3v) is 2.46. The average Bonchev–Trinajstić information content (AvgIpc) is 2.33. The van der Waals surface area contributed by atoms with E-state index in [-0.39, 0.29) is 5.56 Å². The summed E-state index contributed by atoms with van der Waals surface area (Å²) in [6.07, 6.45) is 0. The molecule has 0 radical (unpaired) electrons. The molecule has 0 aliphatic heterocycles. The lowest BCUT2D eigenvalue weighted by atomic mass is 10.0. The fraction of sp³-hybridized carbons (Fsp3) is 0.417. The molecule has 1 rings (SSSR count). The lowest BCUT2D eigenvalue weighted by Crippen LogP contribution is -2.38. The molecule has 4 nitrogen and oxygen atoms in total. The number of carbonyl (C=O) groups excluding carboxylic acids is 1. The maximum atomic E-state index is 13.6. The highest BCUT2D eigenvalue weighted by Gasteiger charge is 2.28. The topological polar surface area (TPSA) is 41.6 Å². The minimum Gasteiger partial charge on any atom is -0.305 e. The molecule has 100 valence electrons. The number of halogens is 2. The van der Waals surface area contributed by atoms with Crippen LogP contribution in [0.2, 0.25) is 0 Å². The Labute approximate surface area is 104 Å². The number of hydrogen-bond donors (Lipinski definition) is 1. The lowest BCUT2D eigenvalue weighted by molar-refractivity contribution is -0.179. The van der Waals surface area contributed by atoms with E-state index >= 15 is 0 Å². The van der Waals surface area contributed by atoms with Crippen LogP contribution in [0.15, 0.2) is 18.2 Å². The van der Waals surface area contributed by atoms with Crippen LogP contribution in [0.3, 0.4) is 0 Å². The van der Waals surface area contributed by atoms with Crippen molar-refractivity contribution >= 4 is 5.91 Å². The second-order valence-electron chi connectivity index (χ2n) is 3.61. The Kier molecular flexibility index (Phi) is 5.18. The monoisotopic (exact) mass is 258 g/mol. The third kappa shape index (κ3) is 3.02. The predicted molar refractivity (Wildman–Crippen MR) is 62.6 cm³/mol. The summed E-state index contributed by atoms with van der Waals surface area (Å²) in [6.45, 7) is 2.00. The SMILES string of the molecule is CCON(C)C(=O)C(NC)c1c(F)cccc1F. The van der Waals surface area contributed by atoms with Gasteiger partial charge in [0, 0.05) is 7.05 Å². The van der Waals surface area contributed by atoms with Gasteiger partial charge in [0.05, 0.1) is 12.2 Å². The maximum absolute atomic E-state index is 13.6. The van der Waals surface area contributed by atoms with Crippen molar-refractivity contribution in [1.82, 2.24) is 10.4 Å². The highest BCUT2D eigenvalue weighted by molar-refractivity contribution is 5.82. The van der Waals surface area contributed by atoms with Gasteiger partial charge in [-0.2, -0.15) is 0 Å². The number of carbonyl (C=O) groups is 1. The number of amides is 1. The number of hydrogen-bond acceptors (Lipinski definition) is 3. The zero-order valence-corrected chi connectivity index (χ0v) is 10.5. The Hall–Kier alpha value is -1.53. The summed E-state index contributed by atoms with van der Waals surface area (Å²) in [4.78, 5) is 17.0. The molecule has 1 atom stereocenters. The summed E-state index contributed by atoms with van der Waals surface area (Å²) in [5, 5.41) is 3.55. The number of likely N-dealkylation sites (N-methyl/N-ethyl adjacent to an activating group) is 2. The van der Waals surface area contributed by atoms with Gasteiger partial charge in [0.25, 0.3) is 5.91 Å². The maximum Gasteiger partial charge on any atom is 0.267 e. The van der Waals surface area contributed by atoms with Crippen molar-refractivity contribution in [3.05, 3.63) is 35.4 Å². The minimum atomic E-state index is -1.12. The van der Waals surface area contributed by atoms with Gasteiger partial charge in [-0.15, -0.1) is 0 Å². The van der Waals surface area contributed by atoms with Crippen molar-refractivity contribution in [1.29, 1.82) is 0 Å². The minimum absolute atomic E-state index is 0.290. The van der Waals surface area contributed by atoms with E-state index in [9.17, 15) is 13.6 Å². The molecule has 0 saturated heterocycles. The van der Waals surface area contributed by atoms with Gasteiger partial charge in [0.2, 0.25) is 0 Å². The second kappa shape index (κ2) is 6.42. The molecule has 0 spiro atoms. The summed E-state index contributed by atoms with van der Waals surface area (Å²) >= 11 is 0. The highest BCUT2D eigenvalue weighted by Crippen LogP contribution is 2.22. The van der Waals surface area contributed by atoms with Crippen LogP contribution < -0.4 is 5.32 Å². The van der Waals surface area contributed by atoms with Gasteiger partial charge in [-0.05, 0) is 26.1 Å². The molecule has 18 heavy (non-hydrogen) atoms. The Morgan fingerprint density at radius 3 is 2.44 bits per heavy atom. The van der Waals surface area contributed by atoms with Crippen molar-refractivity contribution in [2.75, 3.05) is 20.7 Å². The number of rotatable bonds is 5. The number of nitrogens with one attached hydrogen (secondary N) is 1. The van der Waals surface area contributed by atoms with Gasteiger partial charge >= 0.3 is 0 Å². The van der Waals surface area contributed by atoms with Crippen LogP contribution in [0, 0.1) is 11.6 Å². The molecule has 1 aromatic carbocycles. The molecule has 1 amide bonds. The molecule has 0 saturated carbocycles. The first kappa shape index (κ1) is 14.5. The Morgan fingerprint density at radius 1 is 1.44 bits per heavy atom. The van der Waals surface area contributed by atoms with Crippen molar-refractivity contribution < 1.29 is 18.4 Å². The number of benzene rings is 1. The van der Waals surface area contributed by atoms with Crippen LogP contribution in [0.25, 0.3) is 0 Å². The molecule has 6 heteroatoms. The summed E-state index contributed by atoms with van der Waals surface area (Å²) in [5.74, 6) is -2.11. The van der Waals surface area contributed by atoms with E-state index in [4.69, 9.17) is 4.84 Å². The van der Waals surface area contributed by atoms with E-state index < -0.39 is 23.6 Å². The Morgan fingerprint density at radius 2 is 2.00 bits per heavy atom. The normalized spacial score (nSPS) is 12.3. The molecular weight excluding hydrogens is 242 g/mol. The number of hydroxylamine groups is 2. The highest BCUT2D eigenvalue weighted by atomic mass is 19.1. The van der Waals surface area contributed by atoms with Crippen molar-refractivity contribution in [3.63, 3.8) is 0 Å². The fourth-order valence-electron chi connectivity index (χ4n) is 1.62. The van der Waals surface area contributed by atoms with Crippen molar-refractivity contribution in [2.24, 2.45) is 0 Å². The van der Waals surface area contributed by atoms with Crippen LogP contribution in [0.5, 0.6) is 0 Å². The van der Waals surface area contributed by atoms with E-state index in [1.165, 1.54) is 20.2 Å². The second-order valence-corrected chi connectivity index (χ2v) is 3.61. The van der Waals surface area contributed by atoms with Gasteiger partial charge in [-0.25, -0.2) is 13.8 Å². The first-order chi connectivity index (χ1) is 8.52. The summed E-state index contributed by atoms with van der Waals surface area (Å²) < 4.78 is 27.2. The Bertz CT molecular complexity index is 406. The van der Waals surface area contributed by atoms with E-state index in [1.807, 2.05) is 0 Å². The van der Waals surface area contributed by atoms with E-state index in [1.54, 1.807) is 6.92 Å². The quantitative estimate of drug-likeness (QED) is 0.816. The molecule has 0 fully saturated rings. The Balaban J connectivity index is 3.06. The van der Waals surface area contributed by atoms with Gasteiger partial charge in [0.15, 0.2) is 0 Å². The molecule has 0 aliphatic carbocycles. The smallest absolute Gasteiger partial charge is 0.267 e. The van der Waals surface area contributed by atoms with E-state index in [2.05, 4.69) is 5.32 Å². The average molecular weight is 258 g/mol. The van der Waals surface area contributed by atoms with Gasteiger partial charge in [-0.3, -0.25) is 9.63 Å². The standard InChI is InChI=1S/C12H16F2N2O2/c1-4-18-16(3)12(17)11(15-2)10-8(13)6-5-7-9(10)14/h5-7,11,15H,4H2,1-3H3. The summed E-state index contributed by atoms with van der Waals surface area (Å²) in [6, 6.07) is 2.34. The van der Waals surface area contributed by atoms with E-state index in [0.29, 0.717) is 6.61 Å². The largest absolute Gasteiger partial charge is 0.305 e. The van der Waals surface area contributed by atoms with Crippen LogP contribution in [-0.4, -0.2) is 31.7 Å². The summed E-state index contributed by atoms with van der Waals surface area (Å²) in [5.41, 5.74) is -0.309. The molecular formula is C12H16F2N2O2. The zero-order valence-electron chi connectivity index (χ0n) is 10.5. The van der Waals surface area contributed by atoms with Crippen LogP contribution >= 0.6 is 0 Å². The molecule has 1 unspecified atom stereocenters. The van der Waals surface area contributed by atoms with E-state index in [0.717, 1.165) is 17.2 Å². The predicted octanol–water partition coefficient (Wildman–Crippen LogP) is 1.64. The third-order valence-electron chi connectivity index (χ3n) is 2.46. The molecule has 0 bridgehead atoms. The fourth-order valence-corrected chi connectivity index (χ4v) is 1.62. The van der Waals surface area contributed by atoms with Crippen LogP contribution in [0.4, 0.5) is 8.78 Å². The first-order valence-corrected chi connectivity index (χ1v) is 5.54. The zero-order chi connectivity index (χ0) is 13.7. The van der Waals surface area contributed by atoms with Gasteiger partial charge in [0.1, 0.15) is 17.7 Å². The van der Waals surface area contributed by atoms with Crippen LogP contribution in [0.1, 0.15) is 18.5 Å². The lowest BCUT2D eigenvalue weighted by Gasteiger charge is -2.23.